The maximum absolute atomic E-state index is 12.2. The van der Waals surface area contributed by atoms with Crippen molar-refractivity contribution < 1.29 is 8.42 Å². The Morgan fingerprint density at radius 1 is 1.41 bits per heavy atom. The highest BCUT2D eigenvalue weighted by Crippen LogP contribution is 2.25. The molecule has 0 saturated carbocycles. The van der Waals surface area contributed by atoms with E-state index in [4.69, 9.17) is 11.6 Å². The van der Waals surface area contributed by atoms with Crippen LogP contribution in [-0.4, -0.2) is 37.5 Å². The van der Waals surface area contributed by atoms with Crippen molar-refractivity contribution in [2.75, 3.05) is 23.1 Å². The van der Waals surface area contributed by atoms with Crippen molar-refractivity contribution in [3.63, 3.8) is 0 Å². The molecule has 1 fully saturated rings. The van der Waals surface area contributed by atoms with Crippen LogP contribution < -0.4 is 15.4 Å². The second-order valence-electron chi connectivity index (χ2n) is 4.81. The third-order valence-electron chi connectivity index (χ3n) is 3.20. The third kappa shape index (κ3) is 3.49. The zero-order valence-corrected chi connectivity index (χ0v) is 13.8. The van der Waals surface area contributed by atoms with Gasteiger partial charge in [0.1, 0.15) is 10.7 Å². The largest absolute Gasteiger partial charge is 0.365 e. The lowest BCUT2D eigenvalue weighted by Gasteiger charge is -2.14. The Hall–Kier alpha value is -1.42. The van der Waals surface area contributed by atoms with Crippen molar-refractivity contribution in [2.45, 2.75) is 17.4 Å². The van der Waals surface area contributed by atoms with E-state index >= 15 is 0 Å². The topological polar surface area (TPSA) is 96.0 Å². The Morgan fingerprint density at radius 3 is 2.91 bits per heavy atom. The number of rotatable bonds is 5. The smallest absolute Gasteiger partial charge is 0.264 e. The van der Waals surface area contributed by atoms with Gasteiger partial charge in [-0.05, 0) is 19.0 Å². The van der Waals surface area contributed by atoms with Gasteiger partial charge in [-0.2, -0.15) is 0 Å². The van der Waals surface area contributed by atoms with Crippen molar-refractivity contribution in [2.24, 2.45) is 0 Å². The molecule has 1 aliphatic heterocycles. The molecule has 10 heteroatoms. The summed E-state index contributed by atoms with van der Waals surface area (Å²) < 4.78 is 26.8. The summed E-state index contributed by atoms with van der Waals surface area (Å²) in [5.74, 6) is 0.767. The average molecular weight is 360 g/mol. The van der Waals surface area contributed by atoms with Crippen molar-refractivity contribution in [3.8, 4) is 0 Å². The van der Waals surface area contributed by atoms with E-state index in [0.29, 0.717) is 5.82 Å². The number of hydrogen-bond acceptors (Lipinski definition) is 7. The van der Waals surface area contributed by atoms with Gasteiger partial charge in [0, 0.05) is 24.2 Å². The van der Waals surface area contributed by atoms with Crippen LogP contribution in [0.3, 0.4) is 0 Å². The summed E-state index contributed by atoms with van der Waals surface area (Å²) >= 11 is 7.45. The van der Waals surface area contributed by atoms with E-state index in [9.17, 15) is 8.42 Å². The summed E-state index contributed by atoms with van der Waals surface area (Å²) in [7, 11) is -3.74. The molecule has 0 unspecified atom stereocenters. The Labute approximate surface area is 137 Å². The molecule has 1 saturated heterocycles. The molecular formula is C12H14ClN5O2S2. The second-order valence-corrected chi connectivity index (χ2v) is 7.62. The van der Waals surface area contributed by atoms with Gasteiger partial charge in [0.25, 0.3) is 10.0 Å². The van der Waals surface area contributed by atoms with Gasteiger partial charge in [0.2, 0.25) is 0 Å². The monoisotopic (exact) mass is 359 g/mol. The minimum Gasteiger partial charge on any atom is -0.365 e. The van der Waals surface area contributed by atoms with Crippen LogP contribution in [0.5, 0.6) is 0 Å². The molecule has 2 aromatic rings. The molecule has 0 spiro atoms. The van der Waals surface area contributed by atoms with Gasteiger partial charge in [-0.3, -0.25) is 4.72 Å². The number of sulfonamides is 1. The van der Waals surface area contributed by atoms with E-state index in [2.05, 4.69) is 25.3 Å². The predicted octanol–water partition coefficient (Wildman–Crippen LogP) is 1.77. The summed E-state index contributed by atoms with van der Waals surface area (Å²) in [6, 6.07) is 1.63. The molecule has 3 heterocycles. The van der Waals surface area contributed by atoms with Crippen molar-refractivity contribution in [3.05, 3.63) is 28.2 Å². The number of nitrogens with one attached hydrogen (secondary N) is 3. The highest BCUT2D eigenvalue weighted by molar-refractivity contribution is 7.92. The second kappa shape index (κ2) is 6.37. The maximum atomic E-state index is 12.2. The number of pyridine rings is 1. The average Bonchev–Trinajstić information content (AvgIpc) is 3.14. The Bertz CT molecular complexity index is 745. The predicted molar refractivity (Wildman–Crippen MR) is 87.1 cm³/mol. The number of anilines is 2. The lowest BCUT2D eigenvalue weighted by atomic mass is 10.2. The Balaban J connectivity index is 1.78. The highest BCUT2D eigenvalue weighted by atomic mass is 35.5. The standard InChI is InChI=1S/C12H14ClN5O2S2/c13-10-3-9(22(19,20)18-11-6-21-7-16-11)5-15-12(10)17-8-1-2-14-4-8/h3,5-8,14,18H,1-2,4H2,(H,15,17)/t8-/m1/s1. The fourth-order valence-corrected chi connectivity index (χ4v) is 3.92. The summed E-state index contributed by atoms with van der Waals surface area (Å²) in [4.78, 5) is 8.02. The molecule has 0 radical (unpaired) electrons. The van der Waals surface area contributed by atoms with Crippen LogP contribution in [0.4, 0.5) is 11.6 Å². The Morgan fingerprint density at radius 2 is 2.27 bits per heavy atom. The summed E-state index contributed by atoms with van der Waals surface area (Å²) in [6.07, 6.45) is 2.26. The fraction of sp³-hybridized carbons (Fsp3) is 0.333. The molecule has 1 aliphatic rings. The van der Waals surface area contributed by atoms with Crippen LogP contribution in [0, 0.1) is 0 Å². The third-order valence-corrected chi connectivity index (χ3v) is 5.40. The van der Waals surface area contributed by atoms with Crippen LogP contribution in [0.25, 0.3) is 0 Å². The quantitative estimate of drug-likeness (QED) is 0.753. The highest BCUT2D eigenvalue weighted by Gasteiger charge is 2.20. The molecule has 3 rings (SSSR count). The lowest BCUT2D eigenvalue weighted by molar-refractivity contribution is 0.600. The first-order valence-corrected chi connectivity index (χ1v) is 9.39. The first-order valence-electron chi connectivity index (χ1n) is 6.58. The fourth-order valence-electron chi connectivity index (χ4n) is 2.10. The molecule has 2 aromatic heterocycles. The van der Waals surface area contributed by atoms with Gasteiger partial charge in [-0.25, -0.2) is 18.4 Å². The summed E-state index contributed by atoms with van der Waals surface area (Å²) in [5, 5.41) is 8.31. The minimum atomic E-state index is -3.74. The van der Waals surface area contributed by atoms with E-state index < -0.39 is 10.0 Å². The molecular weight excluding hydrogens is 346 g/mol. The molecule has 0 amide bonds. The minimum absolute atomic E-state index is 0.000553. The van der Waals surface area contributed by atoms with E-state index in [-0.39, 0.29) is 21.8 Å². The lowest BCUT2D eigenvalue weighted by Crippen LogP contribution is -2.23. The molecule has 0 aromatic carbocycles. The molecule has 3 N–H and O–H groups in total. The normalized spacial score (nSPS) is 18.3. The van der Waals surface area contributed by atoms with Crippen LogP contribution in [-0.2, 0) is 10.0 Å². The molecule has 118 valence electrons. The number of halogens is 1. The number of aromatic nitrogens is 2. The van der Waals surface area contributed by atoms with Crippen LogP contribution in [0.2, 0.25) is 5.02 Å². The first-order chi connectivity index (χ1) is 10.5. The number of thiazole rings is 1. The maximum Gasteiger partial charge on any atom is 0.264 e. The van der Waals surface area contributed by atoms with E-state index in [1.54, 1.807) is 10.9 Å². The van der Waals surface area contributed by atoms with Crippen LogP contribution in [0.15, 0.2) is 28.0 Å². The number of nitrogens with zero attached hydrogens (tertiary/aromatic N) is 2. The van der Waals surface area contributed by atoms with Crippen molar-refractivity contribution in [1.82, 2.24) is 15.3 Å². The molecule has 0 bridgehead atoms. The molecule has 22 heavy (non-hydrogen) atoms. The van der Waals surface area contributed by atoms with Gasteiger partial charge in [0.15, 0.2) is 5.82 Å². The first kappa shape index (κ1) is 15.5. The zero-order valence-electron chi connectivity index (χ0n) is 11.4. The van der Waals surface area contributed by atoms with Gasteiger partial charge in [-0.1, -0.05) is 11.6 Å². The van der Waals surface area contributed by atoms with Crippen molar-refractivity contribution in [1.29, 1.82) is 0 Å². The SMILES string of the molecule is O=S(=O)(Nc1cscn1)c1cnc(N[C@@H]2CCNC2)c(Cl)c1. The van der Waals surface area contributed by atoms with Gasteiger partial charge < -0.3 is 10.6 Å². The van der Waals surface area contributed by atoms with E-state index in [1.807, 2.05) is 0 Å². The van der Waals surface area contributed by atoms with Crippen LogP contribution in [0.1, 0.15) is 6.42 Å². The molecule has 1 atom stereocenters. The van der Waals surface area contributed by atoms with Gasteiger partial charge in [-0.15, -0.1) is 11.3 Å². The Kier molecular flexibility index (Phi) is 4.48. The van der Waals surface area contributed by atoms with Gasteiger partial charge in [0.05, 0.1) is 10.5 Å². The zero-order chi connectivity index (χ0) is 15.6. The van der Waals surface area contributed by atoms with E-state index in [1.165, 1.54) is 23.6 Å². The molecule has 0 aliphatic carbocycles. The molecule has 7 nitrogen and oxygen atoms in total. The van der Waals surface area contributed by atoms with E-state index in [0.717, 1.165) is 19.5 Å². The van der Waals surface area contributed by atoms with Gasteiger partial charge >= 0.3 is 0 Å². The summed E-state index contributed by atoms with van der Waals surface area (Å²) in [5.41, 5.74) is 1.55. The number of hydrogen-bond donors (Lipinski definition) is 3. The summed E-state index contributed by atoms with van der Waals surface area (Å²) in [6.45, 7) is 1.78. The van der Waals surface area contributed by atoms with Crippen molar-refractivity contribution >= 4 is 44.6 Å². The van der Waals surface area contributed by atoms with Crippen LogP contribution >= 0.6 is 22.9 Å².